The Labute approximate surface area is 160 Å². The van der Waals surface area contributed by atoms with Gasteiger partial charge in [0.2, 0.25) is 0 Å². The number of nitrogens with zero attached hydrogens (tertiary/aromatic N) is 1. The van der Waals surface area contributed by atoms with Gasteiger partial charge in [0.05, 0.1) is 24.1 Å². The number of carbonyl (C=O) groups is 2. The van der Waals surface area contributed by atoms with Crippen molar-refractivity contribution < 1.29 is 23.5 Å². The highest BCUT2D eigenvalue weighted by molar-refractivity contribution is 6.32. The van der Waals surface area contributed by atoms with E-state index in [0.29, 0.717) is 11.3 Å². The van der Waals surface area contributed by atoms with E-state index >= 15 is 0 Å². The van der Waals surface area contributed by atoms with Crippen molar-refractivity contribution in [2.45, 2.75) is 19.4 Å². The molecule has 0 aliphatic rings. The molecule has 0 aliphatic heterocycles. The fourth-order valence-electron chi connectivity index (χ4n) is 2.21. The molecule has 0 aromatic heterocycles. The van der Waals surface area contributed by atoms with Gasteiger partial charge in [-0.25, -0.2) is 4.39 Å². The average molecular weight is 391 g/mol. The Morgan fingerprint density at radius 1 is 1.30 bits per heavy atom. The van der Waals surface area contributed by atoms with Crippen LogP contribution in [0.1, 0.15) is 18.1 Å². The van der Waals surface area contributed by atoms with Gasteiger partial charge in [0.1, 0.15) is 6.07 Å². The van der Waals surface area contributed by atoms with Gasteiger partial charge in [0.15, 0.2) is 17.7 Å². The van der Waals surface area contributed by atoms with Crippen LogP contribution in [0.3, 0.4) is 0 Å². The molecule has 1 unspecified atom stereocenters. The van der Waals surface area contributed by atoms with Gasteiger partial charge in [0, 0.05) is 5.69 Å². The summed E-state index contributed by atoms with van der Waals surface area (Å²) in [6, 6.07) is 10.4. The summed E-state index contributed by atoms with van der Waals surface area (Å²) in [6.07, 6.45) is -1.27. The molecule has 27 heavy (non-hydrogen) atoms. The van der Waals surface area contributed by atoms with E-state index in [0.717, 1.165) is 0 Å². The average Bonchev–Trinajstić information content (AvgIpc) is 2.62. The van der Waals surface area contributed by atoms with Gasteiger partial charge in [-0.1, -0.05) is 17.7 Å². The number of esters is 1. The molecule has 2 aromatic carbocycles. The molecule has 8 heteroatoms. The second-order valence-corrected chi connectivity index (χ2v) is 5.98. The van der Waals surface area contributed by atoms with E-state index in [2.05, 4.69) is 5.32 Å². The summed E-state index contributed by atoms with van der Waals surface area (Å²) in [7, 11) is 1.34. The smallest absolute Gasteiger partial charge is 0.311 e. The molecule has 0 saturated heterocycles. The third-order valence-electron chi connectivity index (χ3n) is 3.60. The van der Waals surface area contributed by atoms with Crippen LogP contribution in [-0.4, -0.2) is 25.1 Å². The van der Waals surface area contributed by atoms with E-state index in [-0.39, 0.29) is 22.8 Å². The predicted molar refractivity (Wildman–Crippen MR) is 97.0 cm³/mol. The van der Waals surface area contributed by atoms with E-state index in [9.17, 15) is 14.0 Å². The summed E-state index contributed by atoms with van der Waals surface area (Å²) < 4.78 is 23.5. The van der Waals surface area contributed by atoms with Crippen molar-refractivity contribution in [3.05, 3.63) is 58.4 Å². The number of benzene rings is 2. The zero-order valence-electron chi connectivity index (χ0n) is 14.6. The minimum atomic E-state index is -1.07. The first-order valence-corrected chi connectivity index (χ1v) is 8.24. The van der Waals surface area contributed by atoms with Gasteiger partial charge in [-0.3, -0.25) is 9.59 Å². The molecule has 1 N–H and O–H groups in total. The number of rotatable bonds is 6. The summed E-state index contributed by atoms with van der Waals surface area (Å²) in [5.74, 6) is -1.77. The Morgan fingerprint density at radius 2 is 2.04 bits per heavy atom. The first-order valence-electron chi connectivity index (χ1n) is 7.86. The van der Waals surface area contributed by atoms with E-state index in [4.69, 9.17) is 26.3 Å². The quantitative estimate of drug-likeness (QED) is 0.763. The minimum Gasteiger partial charge on any atom is -0.494 e. The van der Waals surface area contributed by atoms with Crippen LogP contribution < -0.4 is 10.1 Å². The summed E-state index contributed by atoms with van der Waals surface area (Å²) >= 11 is 5.90. The van der Waals surface area contributed by atoms with Crippen molar-refractivity contribution in [3.8, 4) is 11.8 Å². The lowest BCUT2D eigenvalue weighted by Crippen LogP contribution is -2.30. The number of nitrogens with one attached hydrogen (secondary N) is 1. The Bertz CT molecular complexity index is 911. The third-order valence-corrected chi connectivity index (χ3v) is 3.91. The van der Waals surface area contributed by atoms with E-state index in [1.54, 1.807) is 0 Å². The molecule has 2 aromatic rings. The highest BCUT2D eigenvalue weighted by Gasteiger charge is 2.19. The molecule has 0 radical (unpaired) electrons. The molecule has 0 spiro atoms. The highest BCUT2D eigenvalue weighted by atomic mass is 35.5. The van der Waals surface area contributed by atoms with Crippen molar-refractivity contribution >= 4 is 29.2 Å². The molecular formula is C19H16ClFN2O4. The number of hydrogen-bond donors (Lipinski definition) is 1. The maximum Gasteiger partial charge on any atom is 0.311 e. The maximum absolute atomic E-state index is 13.6. The molecule has 0 saturated carbocycles. The monoisotopic (exact) mass is 390 g/mol. The second-order valence-electron chi connectivity index (χ2n) is 5.57. The molecule has 0 aliphatic carbocycles. The fourth-order valence-corrected chi connectivity index (χ4v) is 2.43. The Kier molecular flexibility index (Phi) is 6.74. The summed E-state index contributed by atoms with van der Waals surface area (Å²) in [6.45, 7) is 1.41. The van der Waals surface area contributed by atoms with Crippen LogP contribution in [0, 0.1) is 17.1 Å². The lowest BCUT2D eigenvalue weighted by Gasteiger charge is -2.14. The maximum atomic E-state index is 13.6. The molecule has 0 heterocycles. The number of halogens is 2. The molecule has 0 fully saturated rings. The topological polar surface area (TPSA) is 88.4 Å². The van der Waals surface area contributed by atoms with Crippen molar-refractivity contribution in [1.29, 1.82) is 5.26 Å². The highest BCUT2D eigenvalue weighted by Crippen LogP contribution is 2.21. The molecule has 2 rings (SSSR count). The summed E-state index contributed by atoms with van der Waals surface area (Å²) in [5.41, 5.74) is 1.04. The van der Waals surface area contributed by atoms with Crippen LogP contribution in [0.25, 0.3) is 0 Å². The van der Waals surface area contributed by atoms with E-state index in [1.807, 2.05) is 6.07 Å². The molecule has 1 atom stereocenters. The number of anilines is 1. The SMILES string of the molecule is COc1ccc(CC(=O)OC(C)C(=O)Nc2ccc(C#N)c(Cl)c2)cc1F. The first kappa shape index (κ1) is 20.2. The van der Waals surface area contributed by atoms with Crippen LogP contribution in [0.5, 0.6) is 5.75 Å². The number of nitriles is 1. The summed E-state index contributed by atoms with van der Waals surface area (Å²) in [4.78, 5) is 24.1. The second kappa shape index (κ2) is 9.01. The Morgan fingerprint density at radius 3 is 2.63 bits per heavy atom. The van der Waals surface area contributed by atoms with Crippen LogP contribution in [0.4, 0.5) is 10.1 Å². The van der Waals surface area contributed by atoms with Crippen LogP contribution in [-0.2, 0) is 20.7 Å². The Hall–Kier alpha value is -3.11. The molecule has 1 amide bonds. The largest absolute Gasteiger partial charge is 0.494 e. The van der Waals surface area contributed by atoms with Crippen molar-refractivity contribution in [2.24, 2.45) is 0 Å². The number of carbonyl (C=O) groups excluding carboxylic acids is 2. The number of methoxy groups -OCH3 is 1. The van der Waals surface area contributed by atoms with E-state index < -0.39 is 23.8 Å². The number of amides is 1. The fraction of sp³-hybridized carbons (Fsp3) is 0.211. The standard InChI is InChI=1S/C19H16ClFN2O4/c1-11(19(25)23-14-5-4-13(10-22)15(20)9-14)27-18(24)8-12-3-6-17(26-2)16(21)7-12/h3-7,9,11H,8H2,1-2H3,(H,23,25). The molecule has 6 nitrogen and oxygen atoms in total. The summed E-state index contributed by atoms with van der Waals surface area (Å²) in [5, 5.41) is 11.6. The van der Waals surface area contributed by atoms with Crippen molar-refractivity contribution in [1.82, 2.24) is 0 Å². The zero-order chi connectivity index (χ0) is 20.0. The predicted octanol–water partition coefficient (Wildman–Crippen LogP) is 3.47. The first-order chi connectivity index (χ1) is 12.8. The zero-order valence-corrected chi connectivity index (χ0v) is 15.3. The van der Waals surface area contributed by atoms with Gasteiger partial charge in [0.25, 0.3) is 5.91 Å². The van der Waals surface area contributed by atoms with Crippen LogP contribution in [0.2, 0.25) is 5.02 Å². The molecule has 140 valence electrons. The van der Waals surface area contributed by atoms with Gasteiger partial charge >= 0.3 is 5.97 Å². The van der Waals surface area contributed by atoms with Crippen LogP contribution >= 0.6 is 11.6 Å². The van der Waals surface area contributed by atoms with E-state index in [1.165, 1.54) is 50.4 Å². The van der Waals surface area contributed by atoms with Crippen molar-refractivity contribution in [2.75, 3.05) is 12.4 Å². The van der Waals surface area contributed by atoms with Crippen molar-refractivity contribution in [3.63, 3.8) is 0 Å². The Balaban J connectivity index is 1.93. The lowest BCUT2D eigenvalue weighted by molar-refractivity contribution is -0.152. The molecule has 0 bridgehead atoms. The molecular weight excluding hydrogens is 375 g/mol. The van der Waals surface area contributed by atoms with Gasteiger partial charge < -0.3 is 14.8 Å². The minimum absolute atomic E-state index is 0.0703. The number of hydrogen-bond acceptors (Lipinski definition) is 5. The van der Waals surface area contributed by atoms with Crippen LogP contribution in [0.15, 0.2) is 36.4 Å². The number of ether oxygens (including phenoxy) is 2. The van der Waals surface area contributed by atoms with Gasteiger partial charge in [-0.05, 0) is 42.8 Å². The normalized spacial score (nSPS) is 11.2. The third kappa shape index (κ3) is 5.43. The van der Waals surface area contributed by atoms with Gasteiger partial charge in [-0.2, -0.15) is 5.26 Å². The lowest BCUT2D eigenvalue weighted by atomic mass is 10.1. The van der Waals surface area contributed by atoms with Gasteiger partial charge in [-0.15, -0.1) is 0 Å².